The number of carbonyl (C=O) groups is 2. The van der Waals surface area contributed by atoms with Crippen LogP contribution in [0.1, 0.15) is 44.3 Å². The Morgan fingerprint density at radius 2 is 1.40 bits per heavy atom. The van der Waals surface area contributed by atoms with E-state index in [1.807, 2.05) is 5.32 Å². The lowest BCUT2D eigenvalue weighted by Gasteiger charge is -2.23. The predicted molar refractivity (Wildman–Crippen MR) is 151 cm³/mol. The predicted octanol–water partition coefficient (Wildman–Crippen LogP) is 6.94. The largest absolute Gasteiger partial charge is 0.462 e. The van der Waals surface area contributed by atoms with Crippen molar-refractivity contribution in [2.45, 2.75) is 31.1 Å². The van der Waals surface area contributed by atoms with Crippen LogP contribution in [0.4, 0.5) is 32.0 Å². The van der Waals surface area contributed by atoms with E-state index in [-0.39, 0.29) is 31.3 Å². The van der Waals surface area contributed by atoms with Crippen LogP contribution in [0.15, 0.2) is 89.8 Å². The van der Waals surface area contributed by atoms with E-state index < -0.39 is 67.2 Å². The van der Waals surface area contributed by atoms with Gasteiger partial charge in [0.1, 0.15) is 17.5 Å². The highest BCUT2D eigenvalue weighted by Crippen LogP contribution is 2.32. The molecule has 0 aliphatic rings. The Bertz CT molecular complexity index is 1810. The van der Waals surface area contributed by atoms with Crippen molar-refractivity contribution in [3.8, 4) is 0 Å². The Kier molecular flexibility index (Phi) is 9.98. The third-order valence-corrected chi connectivity index (χ3v) is 8.19. The van der Waals surface area contributed by atoms with Gasteiger partial charge in [0.05, 0.1) is 28.2 Å². The molecule has 1 amide bonds. The Morgan fingerprint density at radius 3 is 1.98 bits per heavy atom. The fourth-order valence-electron chi connectivity index (χ4n) is 4.20. The highest BCUT2D eigenvalue weighted by atomic mass is 32.2. The van der Waals surface area contributed by atoms with Gasteiger partial charge in [-0.15, -0.1) is 0 Å². The molecule has 0 fully saturated rings. The SMILES string of the molecule is CCOC(=O)c1ccc(CN(Cc2ccc(F)cc2)S(=O)(=O)c2ccc(F)c(C(=O)Nc3cc(F)cc(C(F)(F)F)c3)c2)cc1. The Balaban J connectivity index is 1.67. The van der Waals surface area contributed by atoms with Crippen molar-refractivity contribution in [2.75, 3.05) is 11.9 Å². The molecule has 0 radical (unpaired) electrons. The maximum atomic E-state index is 14.8. The summed E-state index contributed by atoms with van der Waals surface area (Å²) in [5.74, 6) is -4.98. The standard InChI is InChI=1S/C31H24F6N2O5S/c1-2-44-30(41)21-7-3-19(4-8-21)17-39(18-20-5-9-23(32)10-6-20)45(42,43)26-11-12-28(34)27(16-26)29(40)38-25-14-22(31(35,36)37)13-24(33)15-25/h3-16H,2,17-18H2,1H3,(H,38,40). The normalized spacial score (nSPS) is 11.8. The van der Waals surface area contributed by atoms with E-state index in [2.05, 4.69) is 0 Å². The van der Waals surface area contributed by atoms with Gasteiger partial charge in [-0.05, 0) is 78.7 Å². The number of halogens is 6. The van der Waals surface area contributed by atoms with Crippen LogP contribution in [-0.4, -0.2) is 31.2 Å². The zero-order chi connectivity index (χ0) is 32.9. The molecule has 0 aromatic heterocycles. The third-order valence-electron chi connectivity index (χ3n) is 6.40. The molecule has 0 bridgehead atoms. The highest BCUT2D eigenvalue weighted by Gasteiger charge is 2.32. The summed E-state index contributed by atoms with van der Waals surface area (Å²) in [5, 5.41) is 1.97. The van der Waals surface area contributed by atoms with Crippen LogP contribution in [-0.2, 0) is 34.0 Å². The highest BCUT2D eigenvalue weighted by molar-refractivity contribution is 7.89. The van der Waals surface area contributed by atoms with Crippen LogP contribution in [0.3, 0.4) is 0 Å². The fourth-order valence-corrected chi connectivity index (χ4v) is 5.64. The molecule has 7 nitrogen and oxygen atoms in total. The van der Waals surface area contributed by atoms with Gasteiger partial charge < -0.3 is 10.1 Å². The molecule has 14 heteroatoms. The maximum Gasteiger partial charge on any atom is 0.416 e. The summed E-state index contributed by atoms with van der Waals surface area (Å²) in [6.45, 7) is 1.23. The third kappa shape index (κ3) is 8.28. The van der Waals surface area contributed by atoms with Gasteiger partial charge in [0.2, 0.25) is 10.0 Å². The lowest BCUT2D eigenvalue weighted by Crippen LogP contribution is -2.30. The van der Waals surface area contributed by atoms with Crippen molar-refractivity contribution < 1.29 is 49.1 Å². The van der Waals surface area contributed by atoms with Gasteiger partial charge in [0, 0.05) is 18.8 Å². The van der Waals surface area contributed by atoms with E-state index in [0.29, 0.717) is 35.4 Å². The number of hydrogen-bond donors (Lipinski definition) is 1. The smallest absolute Gasteiger partial charge is 0.416 e. The summed E-state index contributed by atoms with van der Waals surface area (Å²) >= 11 is 0. The van der Waals surface area contributed by atoms with Crippen LogP contribution in [0, 0.1) is 17.5 Å². The molecule has 0 spiro atoms. The number of carbonyl (C=O) groups excluding carboxylic acids is 2. The fraction of sp³-hybridized carbons (Fsp3) is 0.161. The van der Waals surface area contributed by atoms with Crippen molar-refractivity contribution in [3.63, 3.8) is 0 Å². The van der Waals surface area contributed by atoms with Gasteiger partial charge in [0.25, 0.3) is 5.91 Å². The van der Waals surface area contributed by atoms with E-state index >= 15 is 0 Å². The molecule has 1 N–H and O–H groups in total. The topological polar surface area (TPSA) is 92.8 Å². The molecule has 0 aliphatic carbocycles. The minimum absolute atomic E-state index is 0.152. The number of sulfonamides is 1. The van der Waals surface area contributed by atoms with Crippen LogP contribution in [0.5, 0.6) is 0 Å². The minimum Gasteiger partial charge on any atom is -0.462 e. The molecule has 4 aromatic carbocycles. The van der Waals surface area contributed by atoms with Crippen LogP contribution in [0.25, 0.3) is 0 Å². The van der Waals surface area contributed by atoms with Gasteiger partial charge >= 0.3 is 12.1 Å². The van der Waals surface area contributed by atoms with Gasteiger partial charge in [-0.1, -0.05) is 24.3 Å². The molecule has 0 saturated carbocycles. The van der Waals surface area contributed by atoms with E-state index in [0.717, 1.165) is 22.5 Å². The van der Waals surface area contributed by atoms with E-state index in [9.17, 15) is 44.3 Å². The van der Waals surface area contributed by atoms with Crippen LogP contribution in [0.2, 0.25) is 0 Å². The second-order valence-electron chi connectivity index (χ2n) is 9.64. The molecule has 236 valence electrons. The van der Waals surface area contributed by atoms with Crippen LogP contribution >= 0.6 is 0 Å². The number of anilines is 1. The summed E-state index contributed by atoms with van der Waals surface area (Å²) in [7, 11) is -4.53. The number of alkyl halides is 3. The monoisotopic (exact) mass is 650 g/mol. The number of nitrogens with zero attached hydrogens (tertiary/aromatic N) is 1. The first kappa shape index (κ1) is 33.2. The van der Waals surface area contributed by atoms with Crippen molar-refractivity contribution in [2.24, 2.45) is 0 Å². The molecular weight excluding hydrogens is 626 g/mol. The Labute approximate surface area is 254 Å². The average Bonchev–Trinajstić information content (AvgIpc) is 2.97. The summed E-state index contributed by atoms with van der Waals surface area (Å²) in [5.41, 5.74) is -1.83. The van der Waals surface area contributed by atoms with Gasteiger partial charge in [-0.3, -0.25) is 4.79 Å². The van der Waals surface area contributed by atoms with E-state index in [1.165, 1.54) is 36.4 Å². The minimum atomic E-state index is -4.94. The number of ether oxygens (including phenoxy) is 1. The molecule has 4 rings (SSSR count). The molecule has 4 aromatic rings. The average molecular weight is 651 g/mol. The molecule has 0 atom stereocenters. The zero-order valence-corrected chi connectivity index (χ0v) is 24.2. The molecule has 0 unspecified atom stereocenters. The number of hydrogen-bond acceptors (Lipinski definition) is 5. The molecule has 45 heavy (non-hydrogen) atoms. The molecular formula is C31H24F6N2O5S. The van der Waals surface area contributed by atoms with E-state index in [4.69, 9.17) is 4.74 Å². The summed E-state index contributed by atoms with van der Waals surface area (Å²) in [4.78, 5) is 24.3. The van der Waals surface area contributed by atoms with Crippen molar-refractivity contribution in [3.05, 3.63) is 130 Å². The Hall–Kier alpha value is -4.69. The lowest BCUT2D eigenvalue weighted by atomic mass is 10.1. The van der Waals surface area contributed by atoms with Crippen molar-refractivity contribution >= 4 is 27.6 Å². The number of esters is 1. The first-order valence-electron chi connectivity index (χ1n) is 13.2. The summed E-state index contributed by atoms with van der Waals surface area (Å²) < 4.78 is 115. The van der Waals surface area contributed by atoms with Gasteiger partial charge in [-0.25, -0.2) is 26.4 Å². The zero-order valence-electron chi connectivity index (χ0n) is 23.4. The number of nitrogens with one attached hydrogen (secondary N) is 1. The second kappa shape index (κ2) is 13.5. The number of rotatable bonds is 10. The van der Waals surface area contributed by atoms with E-state index in [1.54, 1.807) is 6.92 Å². The lowest BCUT2D eigenvalue weighted by molar-refractivity contribution is -0.137. The first-order valence-corrected chi connectivity index (χ1v) is 14.6. The maximum absolute atomic E-state index is 14.8. The van der Waals surface area contributed by atoms with Gasteiger partial charge in [0.15, 0.2) is 0 Å². The second-order valence-corrected chi connectivity index (χ2v) is 11.6. The molecule has 0 heterocycles. The summed E-state index contributed by atoms with van der Waals surface area (Å²) in [6.07, 6.45) is -4.94. The van der Waals surface area contributed by atoms with Crippen molar-refractivity contribution in [1.82, 2.24) is 4.31 Å². The first-order chi connectivity index (χ1) is 21.2. The van der Waals surface area contributed by atoms with Gasteiger partial charge in [-0.2, -0.15) is 17.5 Å². The van der Waals surface area contributed by atoms with Crippen molar-refractivity contribution in [1.29, 1.82) is 0 Å². The molecule has 0 saturated heterocycles. The number of benzene rings is 4. The molecule has 0 aliphatic heterocycles. The Morgan fingerprint density at radius 1 is 0.800 bits per heavy atom. The quantitative estimate of drug-likeness (QED) is 0.148. The summed E-state index contributed by atoms with van der Waals surface area (Å²) in [6, 6.07) is 14.4. The van der Waals surface area contributed by atoms with Crippen LogP contribution < -0.4 is 5.32 Å². The number of amides is 1.